The molecule has 1 N–H and O–H groups in total. The van der Waals surface area contributed by atoms with Gasteiger partial charge in [0.2, 0.25) is 0 Å². The summed E-state index contributed by atoms with van der Waals surface area (Å²) in [5, 5.41) is 4.54. The molecule has 0 saturated carbocycles. The van der Waals surface area contributed by atoms with E-state index < -0.39 is 0 Å². The molecule has 0 aromatic carbocycles. The number of ether oxygens (including phenoxy) is 1. The van der Waals surface area contributed by atoms with E-state index in [9.17, 15) is 0 Å². The molecule has 2 fully saturated rings. The largest absolute Gasteiger partial charge is 0.378 e. The molecule has 0 bridgehead atoms. The molecule has 3 heteroatoms. The van der Waals surface area contributed by atoms with Gasteiger partial charge in [0.25, 0.3) is 0 Å². The second kappa shape index (κ2) is 4.86. The SMILES string of the molecule is CC1CC(NCC2CCOC2C)CS1. The summed E-state index contributed by atoms with van der Waals surface area (Å²) in [5.74, 6) is 2.04. The predicted molar refractivity (Wildman–Crippen MR) is 61.8 cm³/mol. The minimum Gasteiger partial charge on any atom is -0.378 e. The minimum atomic E-state index is 0.467. The van der Waals surface area contributed by atoms with E-state index in [1.807, 2.05) is 0 Å². The fraction of sp³-hybridized carbons (Fsp3) is 1.00. The molecule has 2 saturated heterocycles. The molecule has 0 spiro atoms. The van der Waals surface area contributed by atoms with Gasteiger partial charge in [0, 0.05) is 30.2 Å². The van der Waals surface area contributed by atoms with Gasteiger partial charge < -0.3 is 10.1 Å². The summed E-state index contributed by atoms with van der Waals surface area (Å²) in [6.07, 6.45) is 3.05. The van der Waals surface area contributed by atoms with Gasteiger partial charge in [-0.05, 0) is 25.7 Å². The molecule has 2 nitrogen and oxygen atoms in total. The molecule has 0 amide bonds. The van der Waals surface area contributed by atoms with Crippen LogP contribution in [0.25, 0.3) is 0 Å². The quantitative estimate of drug-likeness (QED) is 0.777. The second-order valence-corrected chi connectivity index (χ2v) is 6.08. The van der Waals surface area contributed by atoms with Gasteiger partial charge in [-0.15, -0.1) is 0 Å². The Labute approximate surface area is 91.2 Å². The van der Waals surface area contributed by atoms with Gasteiger partial charge in [-0.25, -0.2) is 0 Å². The lowest BCUT2D eigenvalue weighted by Gasteiger charge is -2.18. The fourth-order valence-electron chi connectivity index (χ4n) is 2.32. The Morgan fingerprint density at radius 1 is 1.43 bits per heavy atom. The van der Waals surface area contributed by atoms with Gasteiger partial charge in [0.15, 0.2) is 0 Å². The van der Waals surface area contributed by atoms with Crippen molar-refractivity contribution in [1.29, 1.82) is 0 Å². The van der Waals surface area contributed by atoms with Crippen LogP contribution in [0.2, 0.25) is 0 Å². The van der Waals surface area contributed by atoms with Crippen molar-refractivity contribution in [3.8, 4) is 0 Å². The molecule has 2 rings (SSSR count). The number of nitrogens with one attached hydrogen (secondary N) is 1. The number of hydrogen-bond donors (Lipinski definition) is 1. The van der Waals surface area contributed by atoms with E-state index in [4.69, 9.17) is 4.74 Å². The summed E-state index contributed by atoms with van der Waals surface area (Å²) in [5.41, 5.74) is 0. The van der Waals surface area contributed by atoms with E-state index in [2.05, 4.69) is 30.9 Å². The highest BCUT2D eigenvalue weighted by molar-refractivity contribution is 8.00. The summed E-state index contributed by atoms with van der Waals surface area (Å²) in [4.78, 5) is 0. The normalized spacial score (nSPS) is 43.3. The van der Waals surface area contributed by atoms with Gasteiger partial charge >= 0.3 is 0 Å². The fourth-order valence-corrected chi connectivity index (χ4v) is 3.50. The molecule has 0 radical (unpaired) electrons. The van der Waals surface area contributed by atoms with E-state index in [0.717, 1.165) is 30.4 Å². The van der Waals surface area contributed by atoms with Gasteiger partial charge in [-0.2, -0.15) is 11.8 Å². The van der Waals surface area contributed by atoms with Crippen LogP contribution in [0.1, 0.15) is 26.7 Å². The first-order valence-electron chi connectivity index (χ1n) is 5.72. The maximum absolute atomic E-state index is 5.56. The van der Waals surface area contributed by atoms with Crippen LogP contribution in [0.3, 0.4) is 0 Å². The zero-order chi connectivity index (χ0) is 9.97. The monoisotopic (exact) mass is 215 g/mol. The Kier molecular flexibility index (Phi) is 3.74. The van der Waals surface area contributed by atoms with Gasteiger partial charge in [0.05, 0.1) is 6.10 Å². The highest BCUT2D eigenvalue weighted by Crippen LogP contribution is 2.26. The number of rotatable bonds is 3. The highest BCUT2D eigenvalue weighted by atomic mass is 32.2. The van der Waals surface area contributed by atoms with Crippen molar-refractivity contribution < 1.29 is 4.74 Å². The van der Waals surface area contributed by atoms with Crippen LogP contribution in [-0.4, -0.2) is 36.3 Å². The smallest absolute Gasteiger partial charge is 0.0588 e. The predicted octanol–water partition coefficient (Wildman–Crippen LogP) is 1.90. The van der Waals surface area contributed by atoms with E-state index in [1.165, 1.54) is 18.6 Å². The lowest BCUT2D eigenvalue weighted by molar-refractivity contribution is 0.105. The molecular formula is C11H21NOS. The lowest BCUT2D eigenvalue weighted by atomic mass is 10.0. The van der Waals surface area contributed by atoms with Crippen LogP contribution in [0.15, 0.2) is 0 Å². The van der Waals surface area contributed by atoms with E-state index in [1.54, 1.807) is 0 Å². The Bertz CT molecular complexity index is 188. The number of hydrogen-bond acceptors (Lipinski definition) is 3. The first kappa shape index (κ1) is 10.8. The first-order chi connectivity index (χ1) is 6.75. The molecule has 2 aliphatic rings. The molecule has 0 aliphatic carbocycles. The molecular weight excluding hydrogens is 194 g/mol. The van der Waals surface area contributed by atoms with Crippen LogP contribution < -0.4 is 5.32 Å². The third-order valence-corrected chi connectivity index (χ3v) is 4.76. The van der Waals surface area contributed by atoms with Gasteiger partial charge in [-0.1, -0.05) is 6.92 Å². The summed E-state index contributed by atoms with van der Waals surface area (Å²) in [6, 6.07) is 0.753. The summed E-state index contributed by atoms with van der Waals surface area (Å²) in [6.45, 7) is 6.64. The molecule has 0 aromatic rings. The van der Waals surface area contributed by atoms with Crippen LogP contribution in [0.5, 0.6) is 0 Å². The highest BCUT2D eigenvalue weighted by Gasteiger charge is 2.26. The Morgan fingerprint density at radius 3 is 2.86 bits per heavy atom. The van der Waals surface area contributed by atoms with E-state index in [0.29, 0.717) is 6.10 Å². The van der Waals surface area contributed by atoms with Crippen molar-refractivity contribution >= 4 is 11.8 Å². The van der Waals surface area contributed by atoms with E-state index >= 15 is 0 Å². The maximum Gasteiger partial charge on any atom is 0.0588 e. The Hall–Kier alpha value is 0.270. The molecule has 14 heavy (non-hydrogen) atoms. The summed E-state index contributed by atoms with van der Waals surface area (Å²) in [7, 11) is 0. The molecule has 0 aromatic heterocycles. The zero-order valence-electron chi connectivity index (χ0n) is 9.16. The second-order valence-electron chi connectivity index (χ2n) is 4.61. The van der Waals surface area contributed by atoms with Crippen molar-refractivity contribution in [2.24, 2.45) is 5.92 Å². The molecule has 2 aliphatic heterocycles. The van der Waals surface area contributed by atoms with Crippen molar-refractivity contribution in [2.75, 3.05) is 18.9 Å². The molecule has 4 atom stereocenters. The lowest BCUT2D eigenvalue weighted by Crippen LogP contribution is -2.35. The molecule has 2 heterocycles. The Morgan fingerprint density at radius 2 is 2.29 bits per heavy atom. The topological polar surface area (TPSA) is 21.3 Å². The van der Waals surface area contributed by atoms with Gasteiger partial charge in [-0.3, -0.25) is 0 Å². The summed E-state index contributed by atoms with van der Waals surface area (Å²) >= 11 is 2.09. The first-order valence-corrected chi connectivity index (χ1v) is 6.77. The zero-order valence-corrected chi connectivity index (χ0v) is 9.98. The van der Waals surface area contributed by atoms with Crippen LogP contribution in [-0.2, 0) is 4.74 Å². The van der Waals surface area contributed by atoms with Gasteiger partial charge in [0.1, 0.15) is 0 Å². The van der Waals surface area contributed by atoms with Crippen molar-refractivity contribution in [2.45, 2.75) is 44.1 Å². The minimum absolute atomic E-state index is 0.467. The van der Waals surface area contributed by atoms with Crippen LogP contribution >= 0.6 is 11.8 Å². The summed E-state index contributed by atoms with van der Waals surface area (Å²) < 4.78 is 5.56. The molecule has 4 unspecified atom stereocenters. The van der Waals surface area contributed by atoms with Crippen LogP contribution in [0, 0.1) is 5.92 Å². The maximum atomic E-state index is 5.56. The average molecular weight is 215 g/mol. The third kappa shape index (κ3) is 2.65. The number of thioether (sulfide) groups is 1. The van der Waals surface area contributed by atoms with Crippen LogP contribution in [0.4, 0.5) is 0 Å². The van der Waals surface area contributed by atoms with E-state index in [-0.39, 0.29) is 0 Å². The molecule has 82 valence electrons. The average Bonchev–Trinajstić information content (AvgIpc) is 2.72. The van der Waals surface area contributed by atoms with Crippen molar-refractivity contribution in [1.82, 2.24) is 5.32 Å². The van der Waals surface area contributed by atoms with Crippen molar-refractivity contribution in [3.63, 3.8) is 0 Å². The Balaban J connectivity index is 1.67. The standard InChI is InChI=1S/C11H21NOS/c1-8-5-11(7-14-8)12-6-10-3-4-13-9(10)2/h8-12H,3-7H2,1-2H3. The van der Waals surface area contributed by atoms with Crippen molar-refractivity contribution in [3.05, 3.63) is 0 Å². The third-order valence-electron chi connectivity index (χ3n) is 3.40.